The normalized spacial score (nSPS) is 12.2. The van der Waals surface area contributed by atoms with Crippen molar-refractivity contribution in [2.24, 2.45) is 12.0 Å². The lowest BCUT2D eigenvalue weighted by atomic mass is 10.2. The fourth-order valence-electron chi connectivity index (χ4n) is 2.44. The van der Waals surface area contributed by atoms with Crippen LogP contribution in [0.4, 0.5) is 5.69 Å². The Labute approximate surface area is 183 Å². The van der Waals surface area contributed by atoms with Crippen LogP contribution in [-0.2, 0) is 17.1 Å². The Kier molecular flexibility index (Phi) is 7.11. The molecule has 1 N–H and O–H groups in total. The maximum atomic E-state index is 12.5. The average Bonchev–Trinajstić information content (AvgIpc) is 2.97. The van der Waals surface area contributed by atoms with Crippen molar-refractivity contribution >= 4 is 55.6 Å². The molecule has 3 aromatic rings. The van der Waals surface area contributed by atoms with Gasteiger partial charge >= 0.3 is 0 Å². The van der Waals surface area contributed by atoms with E-state index in [1.54, 1.807) is 36.4 Å². The van der Waals surface area contributed by atoms with Crippen molar-refractivity contribution in [2.45, 2.75) is 4.90 Å². The smallest absolute Gasteiger partial charge is 0.242 e. The van der Waals surface area contributed by atoms with Gasteiger partial charge in [0.05, 0.1) is 16.3 Å². The average molecular weight is 505 g/mol. The molecule has 28 heavy (non-hydrogen) atoms. The van der Waals surface area contributed by atoms with Gasteiger partial charge in [-0.3, -0.25) is 0 Å². The van der Waals surface area contributed by atoms with Gasteiger partial charge in [-0.1, -0.05) is 11.6 Å². The molecule has 3 rings (SSSR count). The SMILES string of the molecule is Br.CN(C)S(=O)(=O)c1cc(Cl)cc(-c2csc(=Nc3ccc(O)cc3)n2C)c1. The van der Waals surface area contributed by atoms with Gasteiger partial charge in [-0.15, -0.1) is 28.3 Å². The van der Waals surface area contributed by atoms with E-state index in [1.165, 1.54) is 31.5 Å². The summed E-state index contributed by atoms with van der Waals surface area (Å²) >= 11 is 7.60. The molecule has 0 atom stereocenters. The molecule has 2 aromatic carbocycles. The predicted molar refractivity (Wildman–Crippen MR) is 118 cm³/mol. The lowest BCUT2D eigenvalue weighted by molar-refractivity contribution is 0.475. The van der Waals surface area contributed by atoms with Crippen LogP contribution in [0.2, 0.25) is 5.02 Å². The highest BCUT2D eigenvalue weighted by Crippen LogP contribution is 2.28. The minimum atomic E-state index is -3.59. The first kappa shape index (κ1) is 22.6. The van der Waals surface area contributed by atoms with Crippen LogP contribution in [0.1, 0.15) is 0 Å². The molecule has 150 valence electrons. The highest BCUT2D eigenvalue weighted by molar-refractivity contribution is 8.93. The first-order valence-electron chi connectivity index (χ1n) is 7.90. The maximum absolute atomic E-state index is 12.5. The first-order chi connectivity index (χ1) is 12.7. The Morgan fingerprint density at radius 2 is 1.79 bits per heavy atom. The van der Waals surface area contributed by atoms with Crippen molar-refractivity contribution in [2.75, 3.05) is 14.1 Å². The van der Waals surface area contributed by atoms with Crippen LogP contribution < -0.4 is 4.80 Å². The summed E-state index contributed by atoms with van der Waals surface area (Å²) in [7, 11) is 1.22. The number of hydrogen-bond donors (Lipinski definition) is 1. The quantitative estimate of drug-likeness (QED) is 0.579. The van der Waals surface area contributed by atoms with Crippen molar-refractivity contribution in [3.8, 4) is 17.0 Å². The van der Waals surface area contributed by atoms with E-state index in [4.69, 9.17) is 11.6 Å². The molecule has 0 saturated carbocycles. The summed E-state index contributed by atoms with van der Waals surface area (Å²) in [5, 5.41) is 11.6. The van der Waals surface area contributed by atoms with Gasteiger partial charge in [-0.25, -0.2) is 17.7 Å². The molecule has 0 saturated heterocycles. The topological polar surface area (TPSA) is 74.9 Å². The molecule has 0 fully saturated rings. The number of halogens is 2. The lowest BCUT2D eigenvalue weighted by Crippen LogP contribution is -2.22. The number of rotatable bonds is 4. The summed E-state index contributed by atoms with van der Waals surface area (Å²) < 4.78 is 27.9. The van der Waals surface area contributed by atoms with Gasteiger partial charge in [0, 0.05) is 37.1 Å². The summed E-state index contributed by atoms with van der Waals surface area (Å²) in [6, 6.07) is 11.3. The Hall–Kier alpha value is -1.65. The van der Waals surface area contributed by atoms with Gasteiger partial charge < -0.3 is 9.67 Å². The predicted octanol–water partition coefficient (Wildman–Crippen LogP) is 4.17. The number of phenolic OH excluding ortho intramolecular Hbond substituents is 1. The number of hydrogen-bond acceptors (Lipinski definition) is 5. The third kappa shape index (κ3) is 4.66. The summed E-state index contributed by atoms with van der Waals surface area (Å²) in [5.41, 5.74) is 2.20. The van der Waals surface area contributed by atoms with Crippen molar-refractivity contribution in [3.05, 3.63) is 57.7 Å². The molecule has 1 heterocycles. The molecule has 0 amide bonds. The third-order valence-electron chi connectivity index (χ3n) is 3.94. The molecule has 1 aromatic heterocycles. The van der Waals surface area contributed by atoms with Crippen LogP contribution in [0, 0.1) is 0 Å². The maximum Gasteiger partial charge on any atom is 0.242 e. The van der Waals surface area contributed by atoms with E-state index < -0.39 is 10.0 Å². The summed E-state index contributed by atoms with van der Waals surface area (Å²) in [5.74, 6) is 0.179. The monoisotopic (exact) mass is 503 g/mol. The lowest BCUT2D eigenvalue weighted by Gasteiger charge is -2.13. The van der Waals surface area contributed by atoms with E-state index in [1.807, 2.05) is 17.0 Å². The Balaban J connectivity index is 0.00000280. The zero-order chi connectivity index (χ0) is 19.8. The van der Waals surface area contributed by atoms with E-state index >= 15 is 0 Å². The Morgan fingerprint density at radius 3 is 2.39 bits per heavy atom. The van der Waals surface area contributed by atoms with Gasteiger partial charge in [0.15, 0.2) is 4.80 Å². The molecular formula is C18H19BrClN3O3S2. The minimum Gasteiger partial charge on any atom is -0.508 e. The Morgan fingerprint density at radius 1 is 1.14 bits per heavy atom. The molecular weight excluding hydrogens is 486 g/mol. The van der Waals surface area contributed by atoms with E-state index in [2.05, 4.69) is 4.99 Å². The molecule has 6 nitrogen and oxygen atoms in total. The van der Waals surface area contributed by atoms with Crippen LogP contribution in [0.15, 0.2) is 57.7 Å². The number of aromatic nitrogens is 1. The van der Waals surface area contributed by atoms with Crippen LogP contribution in [0.25, 0.3) is 11.3 Å². The first-order valence-corrected chi connectivity index (χ1v) is 10.6. The zero-order valence-corrected chi connectivity index (χ0v) is 19.4. The number of nitrogens with zero attached hydrogens (tertiary/aromatic N) is 3. The molecule has 0 radical (unpaired) electrons. The second-order valence-corrected chi connectivity index (χ2v) is 9.48. The second-order valence-electron chi connectivity index (χ2n) is 6.05. The molecule has 0 aliphatic carbocycles. The molecule has 0 aliphatic heterocycles. The number of benzene rings is 2. The highest BCUT2D eigenvalue weighted by Gasteiger charge is 2.19. The zero-order valence-electron chi connectivity index (χ0n) is 15.3. The second kappa shape index (κ2) is 8.79. The van der Waals surface area contributed by atoms with Crippen molar-refractivity contribution in [3.63, 3.8) is 0 Å². The summed E-state index contributed by atoms with van der Waals surface area (Å²) in [6.45, 7) is 0. The number of phenols is 1. The number of sulfonamides is 1. The van der Waals surface area contributed by atoms with E-state index in [-0.39, 0.29) is 27.6 Å². The van der Waals surface area contributed by atoms with E-state index in [0.717, 1.165) is 14.8 Å². The van der Waals surface area contributed by atoms with Crippen LogP contribution in [0.3, 0.4) is 0 Å². The van der Waals surface area contributed by atoms with Crippen LogP contribution >= 0.6 is 39.9 Å². The summed E-state index contributed by atoms with van der Waals surface area (Å²) in [4.78, 5) is 5.43. The van der Waals surface area contributed by atoms with Gasteiger partial charge in [0.1, 0.15) is 5.75 Å². The molecule has 0 aliphatic rings. The number of aromatic hydroxyl groups is 1. The largest absolute Gasteiger partial charge is 0.508 e. The van der Waals surface area contributed by atoms with Crippen LogP contribution in [0.5, 0.6) is 5.75 Å². The van der Waals surface area contributed by atoms with E-state index in [0.29, 0.717) is 16.3 Å². The highest BCUT2D eigenvalue weighted by atomic mass is 79.9. The minimum absolute atomic E-state index is 0. The van der Waals surface area contributed by atoms with Crippen molar-refractivity contribution in [1.82, 2.24) is 8.87 Å². The van der Waals surface area contributed by atoms with Gasteiger partial charge in [0.25, 0.3) is 0 Å². The molecule has 0 spiro atoms. The van der Waals surface area contributed by atoms with Gasteiger partial charge in [0.2, 0.25) is 10.0 Å². The third-order valence-corrected chi connectivity index (χ3v) is 6.87. The van der Waals surface area contributed by atoms with Crippen molar-refractivity contribution < 1.29 is 13.5 Å². The van der Waals surface area contributed by atoms with Crippen LogP contribution in [-0.4, -0.2) is 36.5 Å². The fraction of sp³-hybridized carbons (Fsp3) is 0.167. The standard InChI is InChI=1S/C18H18ClN3O3S2.BrH/c1-21(2)27(24,25)16-9-12(8-13(19)10-16)17-11-26-18(22(17)3)20-14-4-6-15(23)7-5-14;/h4-11,23H,1-3H3;1H. The molecule has 0 unspecified atom stereocenters. The van der Waals surface area contributed by atoms with E-state index in [9.17, 15) is 13.5 Å². The molecule has 0 bridgehead atoms. The van der Waals surface area contributed by atoms with Crippen molar-refractivity contribution in [1.29, 1.82) is 0 Å². The number of thiazole rings is 1. The fourth-order valence-corrected chi connectivity index (χ4v) is 4.64. The molecule has 10 heteroatoms. The van der Waals surface area contributed by atoms with Gasteiger partial charge in [-0.2, -0.15) is 0 Å². The Bertz CT molecular complexity index is 1150. The summed E-state index contributed by atoms with van der Waals surface area (Å²) in [6.07, 6.45) is 0. The van der Waals surface area contributed by atoms with Gasteiger partial charge in [-0.05, 0) is 42.5 Å².